The molecule has 0 bridgehead atoms. The molecule has 2 rings (SSSR count). The molecule has 0 heterocycles. The predicted octanol–water partition coefficient (Wildman–Crippen LogP) is 1.87. The molecule has 0 aliphatic rings. The van der Waals surface area contributed by atoms with E-state index in [0.717, 1.165) is 6.07 Å². The number of carbonyl (C=O) groups excluding carboxylic acids is 1. The number of hydrogen-bond donors (Lipinski definition) is 3. The van der Waals surface area contributed by atoms with Gasteiger partial charge in [0.2, 0.25) is 0 Å². The lowest BCUT2D eigenvalue weighted by atomic mass is 10.2. The number of rotatable bonds is 5. The summed E-state index contributed by atoms with van der Waals surface area (Å²) < 4.78 is 5.35. The maximum absolute atomic E-state index is 11.9. The molecule has 0 atom stereocenters. The van der Waals surface area contributed by atoms with Crippen molar-refractivity contribution in [3.63, 3.8) is 0 Å². The van der Waals surface area contributed by atoms with Crippen LogP contribution in [0, 0.1) is 12.3 Å². The van der Waals surface area contributed by atoms with Gasteiger partial charge in [0.25, 0.3) is 5.91 Å². The number of benzene rings is 2. The number of nitrogens with zero attached hydrogens (tertiary/aromatic N) is 1. The molecule has 0 aliphatic carbocycles. The highest BCUT2D eigenvalue weighted by Crippen LogP contribution is 2.22. The number of hydrazone groups is 1. The number of hydrogen-bond acceptors (Lipinski definition) is 5. The maximum atomic E-state index is 11.9. The van der Waals surface area contributed by atoms with Gasteiger partial charge in [0.05, 0.1) is 11.8 Å². The number of aromatic hydroxyl groups is 2. The summed E-state index contributed by atoms with van der Waals surface area (Å²) in [5.74, 6) is 1.82. The maximum Gasteiger partial charge on any atom is 0.275 e. The van der Waals surface area contributed by atoms with Gasteiger partial charge in [-0.3, -0.25) is 4.79 Å². The molecule has 2 aromatic rings. The first-order valence-corrected chi connectivity index (χ1v) is 6.62. The number of amides is 1. The minimum absolute atomic E-state index is 0.00295. The highest BCUT2D eigenvalue weighted by atomic mass is 16.5. The molecule has 0 saturated carbocycles. The van der Waals surface area contributed by atoms with Crippen molar-refractivity contribution in [1.29, 1.82) is 0 Å². The second-order valence-electron chi connectivity index (χ2n) is 4.43. The molecule has 1 amide bonds. The Morgan fingerprint density at radius 2 is 2.09 bits per heavy atom. The third-order valence-electron chi connectivity index (χ3n) is 2.83. The molecule has 6 nitrogen and oxygen atoms in total. The summed E-state index contributed by atoms with van der Waals surface area (Å²) in [4.78, 5) is 11.9. The van der Waals surface area contributed by atoms with Gasteiger partial charge in [0.15, 0.2) is 0 Å². The molecule has 116 valence electrons. The van der Waals surface area contributed by atoms with Crippen molar-refractivity contribution in [3.05, 3.63) is 53.6 Å². The number of phenols is 2. The lowest BCUT2D eigenvalue weighted by Gasteiger charge is -2.06. The Labute approximate surface area is 133 Å². The number of para-hydroxylation sites is 1. The van der Waals surface area contributed by atoms with Crippen LogP contribution in [0.3, 0.4) is 0 Å². The molecule has 6 heteroatoms. The van der Waals surface area contributed by atoms with Crippen molar-refractivity contribution < 1.29 is 19.7 Å². The van der Waals surface area contributed by atoms with Crippen LogP contribution in [0.15, 0.2) is 47.6 Å². The number of phenolic OH excluding ortho intramolecular Hbond substituents is 2. The SMILES string of the molecule is C#CCOc1ccccc1/C=N\NC(=O)c1ccc(O)cc1O. The second kappa shape index (κ2) is 7.52. The van der Waals surface area contributed by atoms with Crippen LogP contribution in [-0.2, 0) is 0 Å². The Kier molecular flexibility index (Phi) is 5.21. The fourth-order valence-corrected chi connectivity index (χ4v) is 1.77. The summed E-state index contributed by atoms with van der Waals surface area (Å²) in [7, 11) is 0. The molecule has 0 aliphatic heterocycles. The highest BCUT2D eigenvalue weighted by molar-refractivity contribution is 5.97. The summed E-state index contributed by atoms with van der Waals surface area (Å²) in [5.41, 5.74) is 2.92. The molecule has 0 saturated heterocycles. The molecular formula is C17H14N2O4. The average Bonchev–Trinajstić information content (AvgIpc) is 2.53. The van der Waals surface area contributed by atoms with Gasteiger partial charge >= 0.3 is 0 Å². The number of ether oxygens (including phenoxy) is 1. The molecule has 0 fully saturated rings. The van der Waals surface area contributed by atoms with Crippen molar-refractivity contribution in [2.75, 3.05) is 6.61 Å². The summed E-state index contributed by atoms with van der Waals surface area (Å²) in [6, 6.07) is 10.7. The molecule has 2 aromatic carbocycles. The summed E-state index contributed by atoms with van der Waals surface area (Å²) >= 11 is 0. The minimum atomic E-state index is -0.610. The van der Waals surface area contributed by atoms with Crippen LogP contribution < -0.4 is 10.2 Å². The van der Waals surface area contributed by atoms with E-state index in [9.17, 15) is 15.0 Å². The summed E-state index contributed by atoms with van der Waals surface area (Å²) in [5, 5.41) is 22.6. The zero-order valence-electron chi connectivity index (χ0n) is 12.1. The van der Waals surface area contributed by atoms with Gasteiger partial charge in [-0.1, -0.05) is 18.1 Å². The standard InChI is InChI=1S/C17H14N2O4/c1-2-9-23-16-6-4-3-5-12(16)11-18-19-17(22)14-8-7-13(20)10-15(14)21/h1,3-8,10-11,20-21H,9H2,(H,19,22)/b18-11-. The third-order valence-corrected chi connectivity index (χ3v) is 2.83. The largest absolute Gasteiger partial charge is 0.508 e. The van der Waals surface area contributed by atoms with Gasteiger partial charge in [-0.25, -0.2) is 5.43 Å². The fraction of sp³-hybridized carbons (Fsp3) is 0.0588. The van der Waals surface area contributed by atoms with E-state index < -0.39 is 5.91 Å². The van der Waals surface area contributed by atoms with Gasteiger partial charge in [-0.15, -0.1) is 6.42 Å². The quantitative estimate of drug-likeness (QED) is 0.447. The molecule has 3 N–H and O–H groups in total. The van der Waals surface area contributed by atoms with Crippen LogP contribution in [0.1, 0.15) is 15.9 Å². The van der Waals surface area contributed by atoms with Crippen LogP contribution in [0.5, 0.6) is 17.2 Å². The Balaban J connectivity index is 2.07. The van der Waals surface area contributed by atoms with Gasteiger partial charge in [0, 0.05) is 11.6 Å². The van der Waals surface area contributed by atoms with E-state index in [1.54, 1.807) is 24.3 Å². The van der Waals surface area contributed by atoms with Gasteiger partial charge in [0.1, 0.15) is 23.9 Å². The van der Waals surface area contributed by atoms with Crippen molar-refractivity contribution in [3.8, 4) is 29.6 Å². The monoisotopic (exact) mass is 310 g/mol. The van der Waals surface area contributed by atoms with Gasteiger partial charge < -0.3 is 14.9 Å². The molecule has 0 unspecified atom stereocenters. The summed E-state index contributed by atoms with van der Waals surface area (Å²) in [6.45, 7) is 0.124. The Morgan fingerprint density at radius 1 is 1.30 bits per heavy atom. The molecule has 0 aromatic heterocycles. The lowest BCUT2D eigenvalue weighted by molar-refractivity contribution is 0.0952. The molecule has 0 radical (unpaired) electrons. The summed E-state index contributed by atoms with van der Waals surface area (Å²) in [6.07, 6.45) is 6.55. The van der Waals surface area contributed by atoms with Crippen LogP contribution >= 0.6 is 0 Å². The van der Waals surface area contributed by atoms with E-state index in [2.05, 4.69) is 16.4 Å². The van der Waals surface area contributed by atoms with Crippen molar-refractivity contribution >= 4 is 12.1 Å². The Hall–Kier alpha value is -3.46. The first kappa shape index (κ1) is 15.9. The lowest BCUT2D eigenvalue weighted by Crippen LogP contribution is -2.17. The normalized spacial score (nSPS) is 10.2. The van der Waals surface area contributed by atoms with E-state index in [4.69, 9.17) is 11.2 Å². The smallest absolute Gasteiger partial charge is 0.275 e. The van der Waals surface area contributed by atoms with Crippen LogP contribution in [0.2, 0.25) is 0 Å². The van der Waals surface area contributed by atoms with Gasteiger partial charge in [-0.05, 0) is 24.3 Å². The zero-order valence-corrected chi connectivity index (χ0v) is 12.1. The minimum Gasteiger partial charge on any atom is -0.508 e. The fourth-order valence-electron chi connectivity index (χ4n) is 1.77. The topological polar surface area (TPSA) is 91.2 Å². The van der Waals surface area contributed by atoms with E-state index in [-0.39, 0.29) is 23.7 Å². The number of nitrogens with one attached hydrogen (secondary N) is 1. The first-order chi connectivity index (χ1) is 11.1. The number of terminal acetylenes is 1. The van der Waals surface area contributed by atoms with Crippen molar-refractivity contribution in [1.82, 2.24) is 5.43 Å². The van der Waals surface area contributed by atoms with E-state index in [1.165, 1.54) is 18.3 Å². The molecule has 23 heavy (non-hydrogen) atoms. The molecular weight excluding hydrogens is 296 g/mol. The Morgan fingerprint density at radius 3 is 2.83 bits per heavy atom. The van der Waals surface area contributed by atoms with Crippen molar-refractivity contribution in [2.45, 2.75) is 0 Å². The predicted molar refractivity (Wildman–Crippen MR) is 85.6 cm³/mol. The van der Waals surface area contributed by atoms with Crippen LogP contribution in [0.25, 0.3) is 0 Å². The van der Waals surface area contributed by atoms with E-state index in [1.807, 2.05) is 0 Å². The van der Waals surface area contributed by atoms with Crippen LogP contribution in [-0.4, -0.2) is 28.9 Å². The Bertz CT molecular complexity index is 778. The molecule has 0 spiro atoms. The van der Waals surface area contributed by atoms with E-state index >= 15 is 0 Å². The third kappa shape index (κ3) is 4.25. The first-order valence-electron chi connectivity index (χ1n) is 6.62. The zero-order chi connectivity index (χ0) is 16.7. The number of carbonyl (C=O) groups is 1. The van der Waals surface area contributed by atoms with Gasteiger partial charge in [-0.2, -0.15) is 5.10 Å². The average molecular weight is 310 g/mol. The van der Waals surface area contributed by atoms with E-state index in [0.29, 0.717) is 11.3 Å². The van der Waals surface area contributed by atoms with Crippen molar-refractivity contribution in [2.24, 2.45) is 5.10 Å². The second-order valence-corrected chi connectivity index (χ2v) is 4.43. The van der Waals surface area contributed by atoms with Crippen LogP contribution in [0.4, 0.5) is 0 Å². The highest BCUT2D eigenvalue weighted by Gasteiger charge is 2.10.